The van der Waals surface area contributed by atoms with E-state index in [0.717, 1.165) is 43.0 Å². The van der Waals surface area contributed by atoms with Crippen LogP contribution in [0.5, 0.6) is 11.5 Å². The number of aliphatic hydroxyl groups is 1. The summed E-state index contributed by atoms with van der Waals surface area (Å²) in [5, 5.41) is 23.4. The maximum absolute atomic E-state index is 13.4. The van der Waals surface area contributed by atoms with Gasteiger partial charge in [0.1, 0.15) is 6.10 Å². The first-order valence-corrected chi connectivity index (χ1v) is 13.8. The number of carbonyl (C=O) groups excluding carboxylic acids is 1. The van der Waals surface area contributed by atoms with Crippen molar-refractivity contribution in [1.82, 2.24) is 9.80 Å². The Morgan fingerprint density at radius 1 is 1.16 bits per heavy atom. The summed E-state index contributed by atoms with van der Waals surface area (Å²) in [6.45, 7) is 4.02. The lowest BCUT2D eigenvalue weighted by Gasteiger charge is -2.64. The molecule has 0 radical (unpaired) electrons. The highest BCUT2D eigenvalue weighted by molar-refractivity contribution is 5.92. The van der Waals surface area contributed by atoms with Crippen molar-refractivity contribution in [2.24, 2.45) is 5.92 Å². The Morgan fingerprint density at radius 2 is 1.95 bits per heavy atom. The first kappa shape index (κ1) is 23.3. The third-order valence-corrected chi connectivity index (χ3v) is 10.1. The number of phenolic OH excluding ortho intramolecular Hbond substituents is 1. The van der Waals surface area contributed by atoms with Gasteiger partial charge in [0, 0.05) is 31.3 Å². The predicted octanol–water partition coefficient (Wildman–Crippen LogP) is 3.81. The van der Waals surface area contributed by atoms with E-state index in [2.05, 4.69) is 4.90 Å². The van der Waals surface area contributed by atoms with Crippen LogP contribution >= 0.6 is 0 Å². The normalized spacial score (nSPS) is 33.8. The summed E-state index contributed by atoms with van der Waals surface area (Å²) >= 11 is 0. The highest BCUT2D eigenvalue weighted by atomic mass is 16.5. The average molecular weight is 501 g/mol. The number of benzene rings is 2. The lowest BCUT2D eigenvalue weighted by Crippen LogP contribution is -2.78. The van der Waals surface area contributed by atoms with Crippen LogP contribution in [-0.4, -0.2) is 69.8 Å². The fraction of sp³-hybridized carbons (Fsp3) is 0.516. The van der Waals surface area contributed by atoms with Gasteiger partial charge in [-0.05, 0) is 81.2 Å². The number of ether oxygens (including phenoxy) is 1. The lowest BCUT2D eigenvalue weighted by atomic mass is 9.48. The molecular formula is C31H36N2O4. The van der Waals surface area contributed by atoms with Crippen molar-refractivity contribution in [2.75, 3.05) is 20.1 Å². The first-order chi connectivity index (χ1) is 17.8. The van der Waals surface area contributed by atoms with Crippen LogP contribution in [0.15, 0.2) is 42.5 Å². The van der Waals surface area contributed by atoms with Crippen LogP contribution in [0, 0.1) is 12.8 Å². The summed E-state index contributed by atoms with van der Waals surface area (Å²) in [7, 11) is 1.85. The number of likely N-dealkylation sites (N-methyl/N-ethyl adjacent to an activating group) is 1. The molecule has 6 heteroatoms. The third-order valence-electron chi connectivity index (χ3n) is 10.1. The Bertz CT molecular complexity index is 1280. The number of amides is 1. The lowest BCUT2D eigenvalue weighted by molar-refractivity contribution is -0.200. The van der Waals surface area contributed by atoms with Gasteiger partial charge in [-0.1, -0.05) is 35.9 Å². The van der Waals surface area contributed by atoms with Gasteiger partial charge in [0.2, 0.25) is 5.91 Å². The number of carbonyl (C=O) groups is 1. The van der Waals surface area contributed by atoms with Crippen molar-refractivity contribution in [1.29, 1.82) is 0 Å². The molecule has 1 spiro atoms. The predicted molar refractivity (Wildman–Crippen MR) is 142 cm³/mol. The van der Waals surface area contributed by atoms with Gasteiger partial charge in [-0.3, -0.25) is 9.69 Å². The molecule has 2 heterocycles. The monoisotopic (exact) mass is 500 g/mol. The van der Waals surface area contributed by atoms with E-state index in [1.165, 1.54) is 24.0 Å². The highest BCUT2D eigenvalue weighted by Gasteiger charge is 2.73. The summed E-state index contributed by atoms with van der Waals surface area (Å²) in [6.07, 6.45) is 8.53. The van der Waals surface area contributed by atoms with Crippen LogP contribution in [0.3, 0.4) is 0 Å². The minimum atomic E-state index is -0.936. The molecule has 37 heavy (non-hydrogen) atoms. The molecular weight excluding hydrogens is 464 g/mol. The van der Waals surface area contributed by atoms with E-state index in [9.17, 15) is 15.0 Å². The second kappa shape index (κ2) is 8.08. The molecule has 3 aliphatic carbocycles. The van der Waals surface area contributed by atoms with Gasteiger partial charge in [0.25, 0.3) is 0 Å². The second-order valence-corrected chi connectivity index (χ2v) is 12.1. The zero-order chi connectivity index (χ0) is 25.5. The van der Waals surface area contributed by atoms with Gasteiger partial charge in [-0.2, -0.15) is 0 Å². The summed E-state index contributed by atoms with van der Waals surface area (Å²) in [6, 6.07) is 11.7. The number of aromatic hydroxyl groups is 1. The first-order valence-electron chi connectivity index (χ1n) is 13.8. The van der Waals surface area contributed by atoms with E-state index >= 15 is 0 Å². The molecule has 2 aromatic rings. The summed E-state index contributed by atoms with van der Waals surface area (Å²) < 4.78 is 6.62. The molecule has 2 bridgehead atoms. The largest absolute Gasteiger partial charge is 0.504 e. The molecule has 2 aliphatic heterocycles. The zero-order valence-corrected chi connectivity index (χ0v) is 21.7. The van der Waals surface area contributed by atoms with E-state index in [1.807, 2.05) is 50.4 Å². The highest BCUT2D eigenvalue weighted by Crippen LogP contribution is 2.66. The molecule has 1 amide bonds. The molecule has 194 valence electrons. The van der Waals surface area contributed by atoms with Crippen LogP contribution in [0.1, 0.15) is 54.4 Å². The van der Waals surface area contributed by atoms with Crippen LogP contribution in [0.2, 0.25) is 0 Å². The smallest absolute Gasteiger partial charge is 0.246 e. The van der Waals surface area contributed by atoms with E-state index < -0.39 is 11.0 Å². The van der Waals surface area contributed by atoms with E-state index in [-0.39, 0.29) is 29.8 Å². The maximum atomic E-state index is 13.4. The van der Waals surface area contributed by atoms with Crippen LogP contribution < -0.4 is 4.74 Å². The number of aryl methyl sites for hydroxylation is 1. The van der Waals surface area contributed by atoms with Gasteiger partial charge in [-0.15, -0.1) is 0 Å². The van der Waals surface area contributed by atoms with Crippen LogP contribution in [0.25, 0.3) is 6.08 Å². The molecule has 2 N–H and O–H groups in total. The Kier molecular flexibility index (Phi) is 5.09. The van der Waals surface area contributed by atoms with Crippen molar-refractivity contribution in [2.45, 2.75) is 74.7 Å². The van der Waals surface area contributed by atoms with Gasteiger partial charge < -0.3 is 19.8 Å². The third kappa shape index (κ3) is 3.28. The van der Waals surface area contributed by atoms with Crippen molar-refractivity contribution >= 4 is 12.0 Å². The number of hydrogen-bond donors (Lipinski definition) is 2. The molecule has 0 aromatic heterocycles. The molecule has 5 aliphatic rings. The van der Waals surface area contributed by atoms with Crippen molar-refractivity contribution in [3.63, 3.8) is 0 Å². The number of phenols is 1. The summed E-state index contributed by atoms with van der Waals surface area (Å²) in [4.78, 5) is 17.7. The quantitative estimate of drug-likeness (QED) is 0.611. The fourth-order valence-corrected chi connectivity index (χ4v) is 7.98. The van der Waals surface area contributed by atoms with Gasteiger partial charge in [0.05, 0.1) is 17.1 Å². The molecule has 7 rings (SSSR count). The van der Waals surface area contributed by atoms with Crippen LogP contribution in [0.4, 0.5) is 0 Å². The standard InChI is InChI=1S/C31H36N2O4/c1-19-3-5-20(6-4-19)9-12-26(35)32(2)23-13-14-31(36)25-17-22-10-11-24(34)28-27(22)30(31,29(23)37-28)15-16-33(25)18-21-7-8-21/h3-6,9-12,21,23,25,29,34,36H,7-8,13-18H2,1-2H3/t23-,25+,29-,30-,31+/m0/s1. The molecule has 2 saturated carbocycles. The van der Waals surface area contributed by atoms with Gasteiger partial charge in [-0.25, -0.2) is 0 Å². The fourth-order valence-electron chi connectivity index (χ4n) is 7.98. The molecule has 2 aromatic carbocycles. The number of rotatable bonds is 5. The number of likely N-dealkylation sites (tertiary alicyclic amines) is 1. The van der Waals surface area contributed by atoms with E-state index in [0.29, 0.717) is 18.6 Å². The molecule has 3 fully saturated rings. The SMILES string of the molecule is Cc1ccc(C=CC(=O)N(C)[C@H]2CC[C@@]3(O)[C@H]4Cc5ccc(O)c6c5[C@@]3(CCN4CC3CC3)[C@H]2O6)cc1. The Morgan fingerprint density at radius 3 is 2.70 bits per heavy atom. The number of nitrogens with zero attached hydrogens (tertiary/aromatic N) is 2. The maximum Gasteiger partial charge on any atom is 0.246 e. The number of hydrogen-bond acceptors (Lipinski definition) is 5. The Labute approximate surface area is 218 Å². The van der Waals surface area contributed by atoms with Gasteiger partial charge in [0.15, 0.2) is 11.5 Å². The van der Waals surface area contributed by atoms with Gasteiger partial charge >= 0.3 is 0 Å². The second-order valence-electron chi connectivity index (χ2n) is 12.1. The molecule has 1 saturated heterocycles. The summed E-state index contributed by atoms with van der Waals surface area (Å²) in [5.41, 5.74) is 2.81. The molecule has 6 nitrogen and oxygen atoms in total. The summed E-state index contributed by atoms with van der Waals surface area (Å²) in [5.74, 6) is 1.34. The zero-order valence-electron chi connectivity index (χ0n) is 21.7. The minimum absolute atomic E-state index is 0.0410. The molecule has 0 unspecified atom stereocenters. The van der Waals surface area contributed by atoms with E-state index in [1.54, 1.807) is 17.0 Å². The average Bonchev–Trinajstić information content (AvgIpc) is 3.63. The topological polar surface area (TPSA) is 73.2 Å². The number of piperidine rings is 1. The van der Waals surface area contributed by atoms with E-state index in [4.69, 9.17) is 4.74 Å². The van der Waals surface area contributed by atoms with Crippen molar-refractivity contribution < 1.29 is 19.7 Å². The van der Waals surface area contributed by atoms with Crippen molar-refractivity contribution in [3.05, 3.63) is 64.7 Å². The minimum Gasteiger partial charge on any atom is -0.504 e. The van der Waals surface area contributed by atoms with Crippen molar-refractivity contribution in [3.8, 4) is 11.5 Å². The Hall–Kier alpha value is -2.83. The van der Waals surface area contributed by atoms with Crippen LogP contribution in [-0.2, 0) is 16.6 Å². The Balaban J connectivity index is 1.24. The molecule has 5 atom stereocenters.